The SMILES string of the molecule is CCC(C)c1ccc(-c2cccc3[cH-]c(C)cc23)cc1.CCCC(C)c1cc2c(-c3ccc(C(C)CC)cc3)cccc2[cH-]1.C[Si]C.[Cl][Zr+2][Cl]. The number of halogens is 2. The molecule has 0 amide bonds. The zero-order valence-electron chi connectivity index (χ0n) is 31.7. The quantitative estimate of drug-likeness (QED) is 0.101. The molecule has 0 heterocycles. The average molecular weight is 799 g/mol. The van der Waals surface area contributed by atoms with Crippen LogP contribution in [0.2, 0.25) is 13.1 Å². The molecule has 3 atom stereocenters. The first-order valence-electron chi connectivity index (χ1n) is 18.3. The Labute approximate surface area is 325 Å². The maximum absolute atomic E-state index is 4.93. The zero-order chi connectivity index (χ0) is 36.6. The Kier molecular flexibility index (Phi) is 18.6. The first-order chi connectivity index (χ1) is 24.1. The van der Waals surface area contributed by atoms with Crippen LogP contribution >= 0.6 is 17.0 Å². The summed E-state index contributed by atoms with van der Waals surface area (Å²) in [6.45, 7) is 20.2. The van der Waals surface area contributed by atoms with Gasteiger partial charge in [-0.15, -0.1) is 69.1 Å². The van der Waals surface area contributed by atoms with Crippen molar-refractivity contribution in [3.8, 4) is 22.3 Å². The van der Waals surface area contributed by atoms with E-state index in [-0.39, 0.29) is 0 Å². The van der Waals surface area contributed by atoms with Crippen LogP contribution in [0.15, 0.2) is 109 Å². The molecule has 4 heteroatoms. The fourth-order valence-electron chi connectivity index (χ4n) is 6.48. The van der Waals surface area contributed by atoms with E-state index in [1.807, 2.05) is 0 Å². The summed E-state index contributed by atoms with van der Waals surface area (Å²) < 4.78 is 0. The summed E-state index contributed by atoms with van der Waals surface area (Å²) in [7, 11) is 11.0. The van der Waals surface area contributed by atoms with E-state index >= 15 is 0 Å². The second kappa shape index (κ2) is 22.0. The molecule has 6 aromatic rings. The number of rotatable bonds is 9. The number of aryl methyl sites for hydroxylation is 1. The maximum atomic E-state index is 4.93. The normalized spacial score (nSPS) is 12.4. The Hall–Kier alpha value is -2.22. The molecule has 0 fully saturated rings. The van der Waals surface area contributed by atoms with Crippen molar-refractivity contribution >= 4 is 48.1 Å². The van der Waals surface area contributed by atoms with E-state index in [1.54, 1.807) is 0 Å². The molecule has 3 unspecified atom stereocenters. The predicted molar refractivity (Wildman–Crippen MR) is 225 cm³/mol. The fraction of sp³-hybridized carbons (Fsp3) is 0.348. The molecule has 0 aliphatic rings. The number of hydrogen-bond donors (Lipinski definition) is 0. The first kappa shape index (κ1) is 42.2. The van der Waals surface area contributed by atoms with Crippen LogP contribution < -0.4 is 0 Å². The number of benzene rings is 4. The molecule has 50 heavy (non-hydrogen) atoms. The van der Waals surface area contributed by atoms with Crippen molar-refractivity contribution in [2.75, 3.05) is 0 Å². The van der Waals surface area contributed by atoms with Gasteiger partial charge in [-0.25, -0.2) is 0 Å². The zero-order valence-corrected chi connectivity index (χ0v) is 36.7. The summed E-state index contributed by atoms with van der Waals surface area (Å²) in [4.78, 5) is 0. The summed E-state index contributed by atoms with van der Waals surface area (Å²) >= 11 is -0.826. The molecule has 0 N–H and O–H groups in total. The third-order valence-electron chi connectivity index (χ3n) is 9.76. The van der Waals surface area contributed by atoms with E-state index in [1.165, 1.54) is 91.7 Å². The van der Waals surface area contributed by atoms with Crippen molar-refractivity contribution < 1.29 is 20.8 Å². The van der Waals surface area contributed by atoms with Crippen LogP contribution in [0.3, 0.4) is 0 Å². The van der Waals surface area contributed by atoms with Gasteiger partial charge in [0.1, 0.15) is 0 Å². The topological polar surface area (TPSA) is 0 Å². The van der Waals surface area contributed by atoms with Crippen molar-refractivity contribution in [2.24, 2.45) is 0 Å². The second-order valence-electron chi connectivity index (χ2n) is 13.6. The van der Waals surface area contributed by atoms with Crippen LogP contribution in [0.5, 0.6) is 0 Å². The minimum atomic E-state index is -0.826. The van der Waals surface area contributed by atoms with E-state index in [0.29, 0.717) is 17.8 Å². The summed E-state index contributed by atoms with van der Waals surface area (Å²) in [5.74, 6) is 1.92. The van der Waals surface area contributed by atoms with Gasteiger partial charge < -0.3 is 0 Å². The monoisotopic (exact) mass is 796 g/mol. The minimum absolute atomic E-state index is 0.635. The van der Waals surface area contributed by atoms with Gasteiger partial charge in [-0.2, -0.15) is 12.1 Å². The molecule has 0 aliphatic carbocycles. The fourth-order valence-corrected chi connectivity index (χ4v) is 6.48. The average Bonchev–Trinajstić information content (AvgIpc) is 3.75. The van der Waals surface area contributed by atoms with Crippen molar-refractivity contribution in [1.82, 2.24) is 0 Å². The molecule has 6 aromatic carbocycles. The summed E-state index contributed by atoms with van der Waals surface area (Å²) in [6, 6.07) is 40.8. The molecule has 0 saturated heterocycles. The predicted octanol–water partition coefficient (Wildman–Crippen LogP) is 15.9. The van der Waals surface area contributed by atoms with Crippen LogP contribution in [0.4, 0.5) is 0 Å². The number of hydrogen-bond acceptors (Lipinski definition) is 0. The molecule has 0 aromatic heterocycles. The van der Waals surface area contributed by atoms with E-state index in [9.17, 15) is 0 Å². The van der Waals surface area contributed by atoms with Crippen LogP contribution in [0, 0.1) is 6.92 Å². The van der Waals surface area contributed by atoms with Gasteiger partial charge in [0.2, 0.25) is 0 Å². The summed E-state index contributed by atoms with van der Waals surface area (Å²) in [6.07, 6.45) is 4.88. The molecule has 262 valence electrons. The van der Waals surface area contributed by atoms with Crippen molar-refractivity contribution in [2.45, 2.75) is 105 Å². The third kappa shape index (κ3) is 11.6. The van der Waals surface area contributed by atoms with Crippen LogP contribution in [-0.2, 0) is 20.8 Å². The van der Waals surface area contributed by atoms with Gasteiger partial charge in [0, 0.05) is 9.52 Å². The van der Waals surface area contributed by atoms with Crippen molar-refractivity contribution in [3.05, 3.63) is 131 Å². The molecule has 0 spiro atoms. The van der Waals surface area contributed by atoms with Gasteiger partial charge in [0.15, 0.2) is 0 Å². The summed E-state index contributed by atoms with van der Waals surface area (Å²) in [5, 5.41) is 5.47. The Morgan fingerprint density at radius 1 is 0.620 bits per heavy atom. The molecule has 2 radical (unpaired) electrons. The summed E-state index contributed by atoms with van der Waals surface area (Å²) in [5.41, 5.74) is 11.0. The number of fused-ring (bicyclic) bond motifs is 2. The van der Waals surface area contributed by atoms with Crippen molar-refractivity contribution in [3.63, 3.8) is 0 Å². The Balaban J connectivity index is 0.000000236. The second-order valence-corrected chi connectivity index (χ2v) is 18.3. The standard InChI is InChI=1S/C24H29.C20H21.C2H6Si.2ClH.Zr/c1-5-8-18(4)22-15-21-9-7-10-23(24(21)16-22)20-13-11-19(12-14-20)17(3)6-2;1-4-15(3)16-8-10-17(11-9-16)19-7-5-6-18-12-14(2)13-20(18)19;1-3-2;;;/h7,9-18H,5-6,8H2,1-4H3;5-13,15H,4H2,1-3H3;1-2H3;2*1H;/q2*-1;;;;+4/p-2. The van der Waals surface area contributed by atoms with E-state index in [0.717, 1.165) is 9.52 Å². The van der Waals surface area contributed by atoms with Crippen LogP contribution in [-0.4, -0.2) is 9.52 Å². The molecule has 0 saturated carbocycles. The molecule has 6 rings (SSSR count). The van der Waals surface area contributed by atoms with E-state index in [2.05, 4.69) is 171 Å². The Morgan fingerprint density at radius 2 is 1.04 bits per heavy atom. The molecule has 0 aliphatic heterocycles. The van der Waals surface area contributed by atoms with Crippen molar-refractivity contribution in [1.29, 1.82) is 0 Å². The molecule has 0 nitrogen and oxygen atoms in total. The van der Waals surface area contributed by atoms with E-state index in [4.69, 9.17) is 17.0 Å². The third-order valence-corrected chi connectivity index (χ3v) is 9.76. The van der Waals surface area contributed by atoms with Gasteiger partial charge in [-0.05, 0) is 59.3 Å². The van der Waals surface area contributed by atoms with Gasteiger partial charge >= 0.3 is 37.9 Å². The Morgan fingerprint density at radius 3 is 1.46 bits per heavy atom. The van der Waals surface area contributed by atoms with Gasteiger partial charge in [-0.3, -0.25) is 0 Å². The molecular formula is C46H56Cl2SiZr. The van der Waals surface area contributed by atoms with Gasteiger partial charge in [-0.1, -0.05) is 140 Å². The van der Waals surface area contributed by atoms with E-state index < -0.39 is 20.8 Å². The first-order valence-corrected chi connectivity index (χ1v) is 26.6. The van der Waals surface area contributed by atoms with Crippen LogP contribution in [0.25, 0.3) is 43.8 Å². The Bertz CT molecular complexity index is 1830. The van der Waals surface area contributed by atoms with Gasteiger partial charge in [0.25, 0.3) is 0 Å². The van der Waals surface area contributed by atoms with Crippen LogP contribution in [0.1, 0.15) is 107 Å². The molecule has 0 bridgehead atoms. The molecular weight excluding hydrogens is 743 g/mol. The van der Waals surface area contributed by atoms with Gasteiger partial charge in [0.05, 0.1) is 0 Å².